The molecule has 2 unspecified atom stereocenters. The Kier molecular flexibility index (Phi) is 6.10. The zero-order valence-corrected chi connectivity index (χ0v) is 10.5. The molecule has 2 N–H and O–H groups in total. The Bertz CT molecular complexity index is 199. The van der Waals surface area contributed by atoms with E-state index in [-0.39, 0.29) is 5.91 Å². The molecule has 0 heterocycles. The molecule has 4 heteroatoms. The van der Waals surface area contributed by atoms with E-state index in [4.69, 9.17) is 0 Å². The second-order valence-electron chi connectivity index (χ2n) is 4.04. The number of carbonyl (C=O) groups is 1. The highest BCUT2D eigenvalue weighted by molar-refractivity contribution is 7.99. The molecular formula is C11H22N2OS. The Morgan fingerprint density at radius 3 is 2.93 bits per heavy atom. The van der Waals surface area contributed by atoms with Crippen LogP contribution < -0.4 is 10.6 Å². The number of amides is 1. The molecule has 1 amide bonds. The zero-order chi connectivity index (χ0) is 11.1. The third kappa shape index (κ3) is 4.43. The molecule has 1 aliphatic rings. The van der Waals surface area contributed by atoms with Crippen LogP contribution in [0.4, 0.5) is 0 Å². The van der Waals surface area contributed by atoms with Crippen molar-refractivity contribution in [2.45, 2.75) is 43.4 Å². The summed E-state index contributed by atoms with van der Waals surface area (Å²) in [6.07, 6.45) is 7.75. The fourth-order valence-corrected chi connectivity index (χ4v) is 3.07. The smallest absolute Gasteiger partial charge is 0.219 e. The molecule has 1 rings (SSSR count). The molecule has 1 saturated carbocycles. The van der Waals surface area contributed by atoms with Crippen LogP contribution in [-0.2, 0) is 4.79 Å². The third-order valence-corrected chi connectivity index (χ3v) is 4.19. The molecule has 0 saturated heterocycles. The van der Waals surface area contributed by atoms with E-state index in [0.29, 0.717) is 12.5 Å². The first kappa shape index (κ1) is 12.8. The second kappa shape index (κ2) is 7.12. The van der Waals surface area contributed by atoms with E-state index in [1.807, 2.05) is 11.8 Å². The summed E-state index contributed by atoms with van der Waals surface area (Å²) in [7, 11) is 1.69. The number of hydrogen-bond donors (Lipinski definition) is 2. The molecule has 0 aromatic carbocycles. The summed E-state index contributed by atoms with van der Waals surface area (Å²) < 4.78 is 0. The van der Waals surface area contributed by atoms with Crippen molar-refractivity contribution in [1.82, 2.24) is 10.6 Å². The van der Waals surface area contributed by atoms with Crippen molar-refractivity contribution in [3.8, 4) is 0 Å². The maximum absolute atomic E-state index is 11.0. The maximum atomic E-state index is 11.0. The highest BCUT2D eigenvalue weighted by atomic mass is 32.2. The standard InChI is InChI=1S/C11H22N2OS/c1-12-11(14)7-4-8-13-9-5-3-6-10(9)15-2/h9-10,13H,3-8H2,1-2H3,(H,12,14). The molecule has 0 aliphatic heterocycles. The van der Waals surface area contributed by atoms with Crippen molar-refractivity contribution in [1.29, 1.82) is 0 Å². The van der Waals surface area contributed by atoms with Gasteiger partial charge in [-0.1, -0.05) is 6.42 Å². The lowest BCUT2D eigenvalue weighted by Gasteiger charge is -2.18. The summed E-state index contributed by atoms with van der Waals surface area (Å²) in [5.41, 5.74) is 0. The van der Waals surface area contributed by atoms with Gasteiger partial charge in [-0.15, -0.1) is 0 Å². The summed E-state index contributed by atoms with van der Waals surface area (Å²) in [5.74, 6) is 0.143. The van der Waals surface area contributed by atoms with Crippen LogP contribution in [0.1, 0.15) is 32.1 Å². The normalized spacial score (nSPS) is 25.5. The molecular weight excluding hydrogens is 208 g/mol. The van der Waals surface area contributed by atoms with Gasteiger partial charge >= 0.3 is 0 Å². The SMILES string of the molecule is CNC(=O)CCCNC1CCCC1SC. The summed E-state index contributed by atoms with van der Waals surface area (Å²) in [4.78, 5) is 11.0. The second-order valence-corrected chi connectivity index (χ2v) is 5.12. The van der Waals surface area contributed by atoms with Crippen LogP contribution in [0.3, 0.4) is 0 Å². The van der Waals surface area contributed by atoms with Crippen molar-refractivity contribution in [3.05, 3.63) is 0 Å². The number of rotatable bonds is 6. The zero-order valence-electron chi connectivity index (χ0n) is 9.71. The molecule has 1 aliphatic carbocycles. The van der Waals surface area contributed by atoms with Crippen LogP contribution in [0.5, 0.6) is 0 Å². The topological polar surface area (TPSA) is 41.1 Å². The third-order valence-electron chi connectivity index (χ3n) is 3.02. The quantitative estimate of drug-likeness (QED) is 0.678. The van der Waals surface area contributed by atoms with Crippen molar-refractivity contribution in [3.63, 3.8) is 0 Å². The van der Waals surface area contributed by atoms with E-state index in [1.165, 1.54) is 19.3 Å². The molecule has 0 aromatic heterocycles. The van der Waals surface area contributed by atoms with E-state index in [0.717, 1.165) is 18.2 Å². The molecule has 0 bridgehead atoms. The summed E-state index contributed by atoms with van der Waals surface area (Å²) in [6, 6.07) is 0.671. The number of carbonyl (C=O) groups excluding carboxylic acids is 1. The van der Waals surface area contributed by atoms with Crippen LogP contribution in [-0.4, -0.2) is 37.0 Å². The Hall–Kier alpha value is -0.220. The molecule has 1 fully saturated rings. The molecule has 2 atom stereocenters. The molecule has 3 nitrogen and oxygen atoms in total. The van der Waals surface area contributed by atoms with Gasteiger partial charge in [-0.3, -0.25) is 4.79 Å². The first-order valence-corrected chi connectivity index (χ1v) is 7.03. The lowest BCUT2D eigenvalue weighted by atomic mass is 10.2. The Balaban J connectivity index is 2.06. The Labute approximate surface area is 96.8 Å². The first-order chi connectivity index (χ1) is 7.27. The van der Waals surface area contributed by atoms with Crippen LogP contribution in [0, 0.1) is 0 Å². The average Bonchev–Trinajstić information content (AvgIpc) is 2.71. The average molecular weight is 230 g/mol. The lowest BCUT2D eigenvalue weighted by molar-refractivity contribution is -0.120. The van der Waals surface area contributed by atoms with Crippen LogP contribution >= 0.6 is 11.8 Å². The van der Waals surface area contributed by atoms with Gasteiger partial charge in [0, 0.05) is 24.8 Å². The minimum absolute atomic E-state index is 0.143. The summed E-state index contributed by atoms with van der Waals surface area (Å²) >= 11 is 1.97. The molecule has 88 valence electrons. The van der Waals surface area contributed by atoms with E-state index >= 15 is 0 Å². The van der Waals surface area contributed by atoms with Crippen molar-refractivity contribution in [2.75, 3.05) is 19.8 Å². The van der Waals surface area contributed by atoms with Crippen LogP contribution in [0.2, 0.25) is 0 Å². The molecule has 0 spiro atoms. The van der Waals surface area contributed by atoms with E-state index < -0.39 is 0 Å². The van der Waals surface area contributed by atoms with Crippen molar-refractivity contribution >= 4 is 17.7 Å². The van der Waals surface area contributed by atoms with Gasteiger partial charge in [0.05, 0.1) is 0 Å². The van der Waals surface area contributed by atoms with Gasteiger partial charge < -0.3 is 10.6 Å². The van der Waals surface area contributed by atoms with Gasteiger partial charge in [0.2, 0.25) is 5.91 Å². The van der Waals surface area contributed by atoms with E-state index in [2.05, 4.69) is 16.9 Å². The predicted molar refractivity (Wildman–Crippen MR) is 66.2 cm³/mol. The minimum Gasteiger partial charge on any atom is -0.359 e. The number of nitrogens with one attached hydrogen (secondary N) is 2. The van der Waals surface area contributed by atoms with E-state index in [1.54, 1.807) is 7.05 Å². The van der Waals surface area contributed by atoms with Gasteiger partial charge in [-0.25, -0.2) is 0 Å². The van der Waals surface area contributed by atoms with Gasteiger partial charge in [-0.2, -0.15) is 11.8 Å². The Morgan fingerprint density at radius 2 is 2.27 bits per heavy atom. The van der Waals surface area contributed by atoms with Crippen LogP contribution in [0.25, 0.3) is 0 Å². The lowest BCUT2D eigenvalue weighted by Crippen LogP contribution is -2.35. The van der Waals surface area contributed by atoms with Crippen molar-refractivity contribution in [2.24, 2.45) is 0 Å². The van der Waals surface area contributed by atoms with E-state index in [9.17, 15) is 4.79 Å². The molecule has 15 heavy (non-hydrogen) atoms. The van der Waals surface area contributed by atoms with Gasteiger partial charge in [0.1, 0.15) is 0 Å². The summed E-state index contributed by atoms with van der Waals surface area (Å²) in [5, 5.41) is 6.99. The number of hydrogen-bond acceptors (Lipinski definition) is 3. The maximum Gasteiger partial charge on any atom is 0.219 e. The minimum atomic E-state index is 0.143. The van der Waals surface area contributed by atoms with Crippen molar-refractivity contribution < 1.29 is 4.79 Å². The number of thioether (sulfide) groups is 1. The van der Waals surface area contributed by atoms with Gasteiger partial charge in [0.15, 0.2) is 0 Å². The highest BCUT2D eigenvalue weighted by Gasteiger charge is 2.25. The Morgan fingerprint density at radius 1 is 1.47 bits per heavy atom. The highest BCUT2D eigenvalue weighted by Crippen LogP contribution is 2.28. The summed E-state index contributed by atoms with van der Waals surface area (Å²) in [6.45, 7) is 0.967. The monoisotopic (exact) mass is 230 g/mol. The largest absolute Gasteiger partial charge is 0.359 e. The fourth-order valence-electron chi connectivity index (χ4n) is 2.10. The first-order valence-electron chi connectivity index (χ1n) is 5.74. The van der Waals surface area contributed by atoms with Gasteiger partial charge in [-0.05, 0) is 32.1 Å². The molecule has 0 radical (unpaired) electrons. The van der Waals surface area contributed by atoms with Crippen LogP contribution in [0.15, 0.2) is 0 Å². The predicted octanol–water partition coefficient (Wildman–Crippen LogP) is 1.39. The van der Waals surface area contributed by atoms with Gasteiger partial charge in [0.25, 0.3) is 0 Å². The molecule has 0 aromatic rings. The fraction of sp³-hybridized carbons (Fsp3) is 0.909.